The van der Waals surface area contributed by atoms with Crippen LogP contribution in [0.4, 0.5) is 0 Å². The third kappa shape index (κ3) is 6.11. The number of nitrogens with zero attached hydrogens (tertiary/aromatic N) is 6. The van der Waals surface area contributed by atoms with Gasteiger partial charge in [0.2, 0.25) is 0 Å². The van der Waals surface area contributed by atoms with Crippen LogP contribution < -0.4 is 0 Å². The quantitative estimate of drug-likeness (QED) is 0.165. The van der Waals surface area contributed by atoms with E-state index in [1.165, 1.54) is 21.8 Å². The first kappa shape index (κ1) is 32.1. The van der Waals surface area contributed by atoms with Crippen molar-refractivity contribution >= 4 is 21.8 Å². The fourth-order valence-electron chi connectivity index (χ4n) is 7.25. The van der Waals surface area contributed by atoms with E-state index in [2.05, 4.69) is 119 Å². The number of hydrogen-bond donors (Lipinski definition) is 0. The molecule has 5 aromatic carbocycles. The van der Waals surface area contributed by atoms with Gasteiger partial charge in [-0.2, -0.15) is 0 Å². The molecule has 0 aliphatic heterocycles. The number of benzene rings is 5. The zero-order valence-corrected chi connectivity index (χ0v) is 29.7. The van der Waals surface area contributed by atoms with E-state index in [0.29, 0.717) is 5.82 Å². The normalized spacial score (nSPS) is 11.3. The maximum Gasteiger partial charge on any atom is 0.160 e. The number of fused-ring (bicyclic) bond motifs is 3. The number of rotatable bonds is 7. The van der Waals surface area contributed by atoms with Gasteiger partial charge in [-0.15, -0.1) is 0 Å². The van der Waals surface area contributed by atoms with Gasteiger partial charge in [-0.1, -0.05) is 109 Å². The van der Waals surface area contributed by atoms with Crippen LogP contribution in [0.15, 0.2) is 194 Å². The summed E-state index contributed by atoms with van der Waals surface area (Å²) in [6.07, 6.45) is 1.79. The van der Waals surface area contributed by atoms with E-state index in [4.69, 9.17) is 19.9 Å². The topological polar surface area (TPSA) is 69.4 Å². The second-order valence-corrected chi connectivity index (χ2v) is 13.4. The highest BCUT2D eigenvalue weighted by Gasteiger charge is 2.16. The van der Waals surface area contributed by atoms with Crippen molar-refractivity contribution in [3.63, 3.8) is 0 Å². The van der Waals surface area contributed by atoms with Crippen LogP contribution in [0.3, 0.4) is 0 Å². The van der Waals surface area contributed by atoms with E-state index >= 15 is 0 Å². The molecule has 0 amide bonds. The average molecular weight is 705 g/mol. The molecule has 0 N–H and O–H groups in total. The highest BCUT2D eigenvalue weighted by Crippen LogP contribution is 2.34. The van der Waals surface area contributed by atoms with Gasteiger partial charge in [0.05, 0.1) is 50.9 Å². The van der Waals surface area contributed by atoms with Crippen molar-refractivity contribution in [1.29, 1.82) is 0 Å². The number of hydrogen-bond acceptors (Lipinski definition) is 5. The minimum Gasteiger partial charge on any atom is -0.309 e. The van der Waals surface area contributed by atoms with Gasteiger partial charge in [0, 0.05) is 33.8 Å². The van der Waals surface area contributed by atoms with E-state index in [1.54, 1.807) is 6.20 Å². The summed E-state index contributed by atoms with van der Waals surface area (Å²) in [5.74, 6) is 0.624. The van der Waals surface area contributed by atoms with Crippen LogP contribution >= 0.6 is 0 Å². The molecule has 0 fully saturated rings. The van der Waals surface area contributed by atoms with Gasteiger partial charge in [-0.25, -0.2) is 19.9 Å². The molecule has 5 aromatic heterocycles. The predicted octanol–water partition coefficient (Wildman–Crippen LogP) is 11.8. The summed E-state index contributed by atoms with van der Waals surface area (Å²) in [6.45, 7) is 0. The third-order valence-corrected chi connectivity index (χ3v) is 9.89. The van der Waals surface area contributed by atoms with Crippen molar-refractivity contribution in [2.24, 2.45) is 0 Å². The lowest BCUT2D eigenvalue weighted by Crippen LogP contribution is -1.99. The van der Waals surface area contributed by atoms with Crippen LogP contribution in [0.1, 0.15) is 0 Å². The molecule has 10 aromatic rings. The third-order valence-electron chi connectivity index (χ3n) is 9.89. The molecule has 0 saturated carbocycles. The Morgan fingerprint density at radius 1 is 0.309 bits per heavy atom. The van der Waals surface area contributed by atoms with Crippen molar-refractivity contribution in [1.82, 2.24) is 29.5 Å². The summed E-state index contributed by atoms with van der Waals surface area (Å²) in [5.41, 5.74) is 12.8. The lowest BCUT2D eigenvalue weighted by molar-refractivity contribution is 1.15. The molecule has 0 radical (unpaired) electrons. The smallest absolute Gasteiger partial charge is 0.160 e. The van der Waals surface area contributed by atoms with E-state index in [0.717, 1.165) is 67.8 Å². The second kappa shape index (κ2) is 13.8. The Hall–Kier alpha value is -7.57. The Balaban J connectivity index is 1.08. The van der Waals surface area contributed by atoms with E-state index in [9.17, 15) is 0 Å². The summed E-state index contributed by atoms with van der Waals surface area (Å²) < 4.78 is 2.32. The molecular weight excluding hydrogens is 673 g/mol. The Morgan fingerprint density at radius 2 is 0.836 bits per heavy atom. The van der Waals surface area contributed by atoms with E-state index in [1.807, 2.05) is 78.9 Å². The monoisotopic (exact) mass is 704 g/mol. The molecule has 6 heteroatoms. The fraction of sp³-hybridized carbons (Fsp3) is 0. The van der Waals surface area contributed by atoms with Gasteiger partial charge < -0.3 is 4.57 Å². The lowest BCUT2D eigenvalue weighted by atomic mass is 10.0. The van der Waals surface area contributed by atoms with E-state index in [-0.39, 0.29) is 0 Å². The van der Waals surface area contributed by atoms with Crippen LogP contribution in [0.5, 0.6) is 0 Å². The summed E-state index contributed by atoms with van der Waals surface area (Å²) in [6, 6.07) is 64.2. The first-order chi connectivity index (χ1) is 27.2. The minimum absolute atomic E-state index is 0.624. The highest BCUT2D eigenvalue weighted by atomic mass is 15.0. The van der Waals surface area contributed by atoms with Crippen molar-refractivity contribution in [3.8, 4) is 73.6 Å². The predicted molar refractivity (Wildman–Crippen MR) is 222 cm³/mol. The van der Waals surface area contributed by atoms with Crippen LogP contribution in [-0.4, -0.2) is 29.5 Å². The molecule has 0 aliphatic rings. The van der Waals surface area contributed by atoms with Crippen molar-refractivity contribution in [2.45, 2.75) is 0 Å². The molecule has 6 nitrogen and oxygen atoms in total. The summed E-state index contributed by atoms with van der Waals surface area (Å²) in [5, 5.41) is 2.46. The molecule has 0 unspecified atom stereocenters. The van der Waals surface area contributed by atoms with Crippen LogP contribution in [0.2, 0.25) is 0 Å². The number of pyridine rings is 3. The zero-order valence-electron chi connectivity index (χ0n) is 29.7. The lowest BCUT2D eigenvalue weighted by Gasteiger charge is -2.12. The molecular formula is C49H32N6. The molecule has 0 atom stereocenters. The fourth-order valence-corrected chi connectivity index (χ4v) is 7.25. The largest absolute Gasteiger partial charge is 0.309 e. The number of para-hydroxylation sites is 2. The first-order valence-corrected chi connectivity index (χ1v) is 18.3. The molecule has 10 rings (SSSR count). The SMILES string of the molecule is c1ccc(-c2cc(-c3ccccn3)nc(-c3cccc(-c4cc(-c5ccccc5)nc(-c5ccc(-n6c7ccccc7c7ccccc76)cc5)n4)n3)c2)cc1. The van der Waals surface area contributed by atoms with Crippen LogP contribution in [0.25, 0.3) is 95.4 Å². The van der Waals surface area contributed by atoms with Gasteiger partial charge in [0.1, 0.15) is 0 Å². The molecule has 55 heavy (non-hydrogen) atoms. The molecule has 0 saturated heterocycles. The van der Waals surface area contributed by atoms with Gasteiger partial charge in [0.25, 0.3) is 0 Å². The summed E-state index contributed by atoms with van der Waals surface area (Å²) in [4.78, 5) is 25.1. The second-order valence-electron chi connectivity index (χ2n) is 13.4. The molecule has 258 valence electrons. The van der Waals surface area contributed by atoms with Crippen LogP contribution in [-0.2, 0) is 0 Å². The Labute approximate surface area is 318 Å². The maximum absolute atomic E-state index is 5.18. The van der Waals surface area contributed by atoms with Gasteiger partial charge >= 0.3 is 0 Å². The average Bonchev–Trinajstić information content (AvgIpc) is 3.61. The van der Waals surface area contributed by atoms with Crippen molar-refractivity contribution < 1.29 is 0 Å². The zero-order chi connectivity index (χ0) is 36.6. The van der Waals surface area contributed by atoms with Gasteiger partial charge in [0.15, 0.2) is 5.82 Å². The molecule has 0 bridgehead atoms. The Morgan fingerprint density at radius 3 is 1.49 bits per heavy atom. The first-order valence-electron chi connectivity index (χ1n) is 18.3. The molecule has 5 heterocycles. The van der Waals surface area contributed by atoms with Crippen molar-refractivity contribution in [3.05, 3.63) is 194 Å². The van der Waals surface area contributed by atoms with Gasteiger partial charge in [-0.05, 0) is 90.0 Å². The van der Waals surface area contributed by atoms with Crippen LogP contribution in [0, 0.1) is 0 Å². The van der Waals surface area contributed by atoms with Crippen molar-refractivity contribution in [2.75, 3.05) is 0 Å². The Bertz CT molecular complexity index is 2850. The van der Waals surface area contributed by atoms with Gasteiger partial charge in [-0.3, -0.25) is 4.98 Å². The number of aromatic nitrogens is 6. The standard InChI is InChI=1S/C49H32N6/c1-3-14-33(15-4-1)36-30-44(40-20-11-12-29-50-40)52-45(31-36)41-21-13-22-42(51-41)46-32-43(34-16-5-2-6-17-34)53-49(54-46)35-25-27-37(28-26-35)55-47-23-9-7-18-38(47)39-19-8-10-24-48(39)55/h1-32H. The molecule has 0 aliphatic carbocycles. The highest BCUT2D eigenvalue weighted by molar-refractivity contribution is 6.09. The Kier molecular flexibility index (Phi) is 8.04. The summed E-state index contributed by atoms with van der Waals surface area (Å²) >= 11 is 0. The maximum atomic E-state index is 5.18. The molecule has 0 spiro atoms. The minimum atomic E-state index is 0.624. The summed E-state index contributed by atoms with van der Waals surface area (Å²) in [7, 11) is 0. The van der Waals surface area contributed by atoms with E-state index < -0.39 is 0 Å².